The molecular formula is C10H16O2. The predicted molar refractivity (Wildman–Crippen MR) is 49.8 cm³/mol. The topological polar surface area (TPSA) is 26.3 Å². The third-order valence-corrected chi connectivity index (χ3v) is 1.41. The first kappa shape index (κ1) is 11.0. The van der Waals surface area contributed by atoms with Crippen molar-refractivity contribution in [2.75, 3.05) is 6.61 Å². The molecule has 0 spiro atoms. The van der Waals surface area contributed by atoms with Gasteiger partial charge in [0.1, 0.15) is 0 Å². The van der Waals surface area contributed by atoms with E-state index >= 15 is 0 Å². The second kappa shape index (κ2) is 6.65. The quantitative estimate of drug-likeness (QED) is 0.366. The van der Waals surface area contributed by atoms with Crippen LogP contribution in [0.5, 0.6) is 0 Å². The van der Waals surface area contributed by atoms with Crippen molar-refractivity contribution >= 4 is 5.97 Å². The average Bonchev–Trinajstić information content (AvgIpc) is 2.06. The smallest absolute Gasteiger partial charge is 0.333 e. The minimum absolute atomic E-state index is 0.210. The molecule has 0 aromatic carbocycles. The molecule has 0 amide bonds. The summed E-state index contributed by atoms with van der Waals surface area (Å²) in [4.78, 5) is 11.2. The zero-order valence-corrected chi connectivity index (χ0v) is 7.96. The summed E-state index contributed by atoms with van der Waals surface area (Å²) in [5, 5.41) is 0. The summed E-state index contributed by atoms with van der Waals surface area (Å²) in [7, 11) is 0. The van der Waals surface area contributed by atoms with E-state index in [0.29, 0.717) is 13.0 Å². The number of esters is 1. The standard InChI is InChI=1S/C10H16O2/c1-4-7-8-9(5-2)10(11)12-6-3/h4,7-8H,5-6H2,1-3H3/b7-4-,9-8-. The molecule has 0 aromatic rings. The SMILES string of the molecule is C/C=C\C=C(\CC)C(=O)OCC. The molecule has 0 fully saturated rings. The van der Waals surface area contributed by atoms with Crippen molar-refractivity contribution in [3.63, 3.8) is 0 Å². The molecule has 2 heteroatoms. The molecule has 0 saturated carbocycles. The van der Waals surface area contributed by atoms with Crippen LogP contribution in [0.1, 0.15) is 27.2 Å². The largest absolute Gasteiger partial charge is 0.463 e. The minimum Gasteiger partial charge on any atom is -0.463 e. The van der Waals surface area contributed by atoms with Crippen LogP contribution in [0.2, 0.25) is 0 Å². The summed E-state index contributed by atoms with van der Waals surface area (Å²) in [5.41, 5.74) is 0.718. The normalized spacial score (nSPS) is 12.1. The molecule has 0 radical (unpaired) electrons. The van der Waals surface area contributed by atoms with Crippen LogP contribution in [0.4, 0.5) is 0 Å². The Morgan fingerprint density at radius 1 is 1.42 bits per heavy atom. The summed E-state index contributed by atoms with van der Waals surface area (Å²) < 4.78 is 4.85. The minimum atomic E-state index is -0.210. The zero-order valence-electron chi connectivity index (χ0n) is 7.96. The molecule has 0 aromatic heterocycles. The Kier molecular flexibility index (Phi) is 6.07. The second-order valence-electron chi connectivity index (χ2n) is 2.29. The highest BCUT2D eigenvalue weighted by Crippen LogP contribution is 2.03. The summed E-state index contributed by atoms with van der Waals surface area (Å²) in [6.45, 7) is 6.09. The van der Waals surface area contributed by atoms with Gasteiger partial charge in [0.25, 0.3) is 0 Å². The summed E-state index contributed by atoms with van der Waals surface area (Å²) in [6, 6.07) is 0. The molecule has 0 bridgehead atoms. The maximum absolute atomic E-state index is 11.2. The molecule has 0 aliphatic carbocycles. The van der Waals surface area contributed by atoms with Gasteiger partial charge in [0, 0.05) is 5.57 Å². The fraction of sp³-hybridized carbons (Fsp3) is 0.500. The van der Waals surface area contributed by atoms with Gasteiger partial charge in [-0.25, -0.2) is 4.79 Å². The number of hydrogen-bond donors (Lipinski definition) is 0. The van der Waals surface area contributed by atoms with Crippen LogP contribution >= 0.6 is 0 Å². The third-order valence-electron chi connectivity index (χ3n) is 1.41. The first-order chi connectivity index (χ1) is 5.76. The van der Waals surface area contributed by atoms with Crippen LogP contribution in [0, 0.1) is 0 Å². The van der Waals surface area contributed by atoms with Gasteiger partial charge in [-0.1, -0.05) is 25.2 Å². The van der Waals surface area contributed by atoms with E-state index < -0.39 is 0 Å². The van der Waals surface area contributed by atoms with E-state index in [1.807, 2.05) is 26.0 Å². The molecule has 0 rings (SSSR count). The van der Waals surface area contributed by atoms with Crippen LogP contribution in [-0.4, -0.2) is 12.6 Å². The van der Waals surface area contributed by atoms with Gasteiger partial charge in [0.15, 0.2) is 0 Å². The Labute approximate surface area is 73.9 Å². The van der Waals surface area contributed by atoms with Crippen molar-refractivity contribution in [2.24, 2.45) is 0 Å². The van der Waals surface area contributed by atoms with Gasteiger partial charge in [0.2, 0.25) is 0 Å². The molecule has 0 heterocycles. The Balaban J connectivity index is 4.23. The number of hydrogen-bond acceptors (Lipinski definition) is 2. The van der Waals surface area contributed by atoms with E-state index in [0.717, 1.165) is 5.57 Å². The first-order valence-corrected chi connectivity index (χ1v) is 4.25. The lowest BCUT2D eigenvalue weighted by Gasteiger charge is -2.02. The number of rotatable bonds is 4. The maximum atomic E-state index is 11.2. The molecule has 2 nitrogen and oxygen atoms in total. The van der Waals surface area contributed by atoms with E-state index in [1.165, 1.54) is 0 Å². The van der Waals surface area contributed by atoms with Gasteiger partial charge in [0.05, 0.1) is 6.61 Å². The Bertz CT molecular complexity index is 190. The third kappa shape index (κ3) is 3.96. The average molecular weight is 168 g/mol. The molecule has 0 aliphatic heterocycles. The predicted octanol–water partition coefficient (Wildman–Crippen LogP) is 2.46. The summed E-state index contributed by atoms with van der Waals surface area (Å²) in [6.07, 6.45) is 6.23. The lowest BCUT2D eigenvalue weighted by Crippen LogP contribution is -2.06. The monoisotopic (exact) mass is 168 g/mol. The first-order valence-electron chi connectivity index (χ1n) is 4.25. The zero-order chi connectivity index (χ0) is 9.40. The van der Waals surface area contributed by atoms with E-state index in [1.54, 1.807) is 13.0 Å². The van der Waals surface area contributed by atoms with Crippen LogP contribution in [-0.2, 0) is 9.53 Å². The summed E-state index contributed by atoms with van der Waals surface area (Å²) >= 11 is 0. The van der Waals surface area contributed by atoms with Crippen LogP contribution in [0.3, 0.4) is 0 Å². The van der Waals surface area contributed by atoms with Crippen molar-refractivity contribution in [3.05, 3.63) is 23.8 Å². The van der Waals surface area contributed by atoms with Crippen molar-refractivity contribution in [1.29, 1.82) is 0 Å². The van der Waals surface area contributed by atoms with E-state index in [2.05, 4.69) is 0 Å². The fourth-order valence-electron chi connectivity index (χ4n) is 0.766. The van der Waals surface area contributed by atoms with E-state index in [4.69, 9.17) is 4.74 Å². The Morgan fingerprint density at radius 3 is 2.50 bits per heavy atom. The number of allylic oxidation sites excluding steroid dienone is 3. The van der Waals surface area contributed by atoms with Gasteiger partial charge >= 0.3 is 5.97 Å². The van der Waals surface area contributed by atoms with Crippen LogP contribution in [0.15, 0.2) is 23.8 Å². The lowest BCUT2D eigenvalue weighted by atomic mass is 10.2. The van der Waals surface area contributed by atoms with Gasteiger partial charge in [-0.2, -0.15) is 0 Å². The number of carbonyl (C=O) groups excluding carboxylic acids is 1. The van der Waals surface area contributed by atoms with Crippen LogP contribution < -0.4 is 0 Å². The second-order valence-corrected chi connectivity index (χ2v) is 2.29. The highest BCUT2D eigenvalue weighted by molar-refractivity contribution is 5.88. The fourth-order valence-corrected chi connectivity index (χ4v) is 0.766. The van der Waals surface area contributed by atoms with Gasteiger partial charge in [-0.3, -0.25) is 0 Å². The molecule has 12 heavy (non-hydrogen) atoms. The van der Waals surface area contributed by atoms with Crippen molar-refractivity contribution in [3.8, 4) is 0 Å². The van der Waals surface area contributed by atoms with Crippen molar-refractivity contribution in [2.45, 2.75) is 27.2 Å². The maximum Gasteiger partial charge on any atom is 0.333 e. The lowest BCUT2D eigenvalue weighted by molar-refractivity contribution is -0.138. The van der Waals surface area contributed by atoms with Gasteiger partial charge in [-0.15, -0.1) is 0 Å². The highest BCUT2D eigenvalue weighted by Gasteiger charge is 2.05. The van der Waals surface area contributed by atoms with Gasteiger partial charge in [-0.05, 0) is 20.3 Å². The van der Waals surface area contributed by atoms with E-state index in [9.17, 15) is 4.79 Å². The number of carbonyl (C=O) groups is 1. The van der Waals surface area contributed by atoms with Crippen molar-refractivity contribution in [1.82, 2.24) is 0 Å². The molecule has 0 aliphatic rings. The van der Waals surface area contributed by atoms with Crippen molar-refractivity contribution < 1.29 is 9.53 Å². The van der Waals surface area contributed by atoms with Gasteiger partial charge < -0.3 is 4.74 Å². The molecule has 0 N–H and O–H groups in total. The Hall–Kier alpha value is -1.05. The molecular weight excluding hydrogens is 152 g/mol. The molecule has 0 atom stereocenters. The molecule has 0 unspecified atom stereocenters. The Morgan fingerprint density at radius 2 is 2.08 bits per heavy atom. The number of ether oxygens (including phenoxy) is 1. The summed E-state index contributed by atoms with van der Waals surface area (Å²) in [5.74, 6) is -0.210. The molecule has 0 saturated heterocycles. The highest BCUT2D eigenvalue weighted by atomic mass is 16.5. The molecule has 68 valence electrons. The van der Waals surface area contributed by atoms with Crippen LogP contribution in [0.25, 0.3) is 0 Å². The van der Waals surface area contributed by atoms with E-state index in [-0.39, 0.29) is 5.97 Å².